The molecular formula is C8H15O5P. The zero-order chi connectivity index (χ0) is 11.4. The van der Waals surface area contributed by atoms with Crippen molar-refractivity contribution in [1.82, 2.24) is 0 Å². The highest BCUT2D eigenvalue weighted by atomic mass is 31.2. The van der Waals surface area contributed by atoms with E-state index >= 15 is 0 Å². The maximum absolute atomic E-state index is 11.1. The van der Waals surface area contributed by atoms with E-state index < -0.39 is 19.2 Å². The molecule has 2 N–H and O–H groups in total. The second-order valence-electron chi connectivity index (χ2n) is 2.97. The van der Waals surface area contributed by atoms with Gasteiger partial charge in [0.25, 0.3) is 0 Å². The van der Waals surface area contributed by atoms with Crippen molar-refractivity contribution in [3.8, 4) is 0 Å². The molecule has 0 aromatic carbocycles. The molecule has 0 saturated heterocycles. The zero-order valence-corrected chi connectivity index (χ0v) is 9.32. The van der Waals surface area contributed by atoms with Crippen molar-refractivity contribution in [1.29, 1.82) is 0 Å². The number of hydrogen-bond donors (Lipinski definition) is 2. The molecule has 0 aromatic heterocycles. The Morgan fingerprint density at radius 2 is 2.07 bits per heavy atom. The highest BCUT2D eigenvalue weighted by Crippen LogP contribution is 2.44. The predicted molar refractivity (Wildman–Crippen MR) is 51.9 cm³/mol. The summed E-state index contributed by atoms with van der Waals surface area (Å²) >= 11 is 0. The van der Waals surface area contributed by atoms with Crippen LogP contribution in [0.15, 0.2) is 11.6 Å². The lowest BCUT2D eigenvalue weighted by Crippen LogP contribution is -2.22. The molecule has 0 aliphatic rings. The lowest BCUT2D eigenvalue weighted by atomic mass is 10.1. The average Bonchev–Trinajstić information content (AvgIpc) is 2.10. The number of esters is 1. The normalized spacial score (nSPS) is 15.1. The second-order valence-corrected chi connectivity index (χ2v) is 4.77. The van der Waals surface area contributed by atoms with Crippen LogP contribution in [0.1, 0.15) is 20.3 Å². The molecule has 6 heteroatoms. The summed E-state index contributed by atoms with van der Waals surface area (Å²) in [6, 6.07) is 0. The van der Waals surface area contributed by atoms with Gasteiger partial charge in [-0.05, 0) is 20.3 Å². The number of hydrogen-bond acceptors (Lipinski definition) is 3. The third-order valence-corrected chi connectivity index (χ3v) is 3.09. The molecule has 0 aromatic rings. The molecule has 0 saturated carbocycles. The Morgan fingerprint density at radius 1 is 1.57 bits per heavy atom. The van der Waals surface area contributed by atoms with Crippen molar-refractivity contribution in [3.63, 3.8) is 0 Å². The van der Waals surface area contributed by atoms with Crippen LogP contribution < -0.4 is 0 Å². The van der Waals surface area contributed by atoms with Crippen molar-refractivity contribution >= 4 is 13.6 Å². The summed E-state index contributed by atoms with van der Waals surface area (Å²) in [6.45, 7) is 3.44. The largest absolute Gasteiger partial charge is 0.468 e. The van der Waals surface area contributed by atoms with E-state index in [1.807, 2.05) is 0 Å². The van der Waals surface area contributed by atoms with Gasteiger partial charge in [-0.3, -0.25) is 9.36 Å². The van der Waals surface area contributed by atoms with Crippen LogP contribution in [-0.2, 0) is 14.1 Å². The molecule has 0 bridgehead atoms. The molecule has 82 valence electrons. The number of methoxy groups -OCH3 is 1. The summed E-state index contributed by atoms with van der Waals surface area (Å²) in [7, 11) is -3.32. The maximum atomic E-state index is 11.1. The zero-order valence-electron chi connectivity index (χ0n) is 8.43. The first-order valence-corrected chi connectivity index (χ1v) is 5.76. The first-order valence-electron chi connectivity index (χ1n) is 4.07. The second kappa shape index (κ2) is 5.29. The minimum atomic E-state index is -4.43. The third kappa shape index (κ3) is 4.05. The number of allylic oxidation sites excluding steroid dienone is 2. The Hall–Kier alpha value is -0.640. The Morgan fingerprint density at radius 3 is 2.36 bits per heavy atom. The van der Waals surface area contributed by atoms with E-state index in [4.69, 9.17) is 9.79 Å². The fourth-order valence-electron chi connectivity index (χ4n) is 0.898. The maximum Gasteiger partial charge on any atom is 0.340 e. The van der Waals surface area contributed by atoms with Gasteiger partial charge in [-0.15, -0.1) is 0 Å². The van der Waals surface area contributed by atoms with Crippen molar-refractivity contribution in [2.24, 2.45) is 0 Å². The third-order valence-electron chi connectivity index (χ3n) is 1.89. The molecule has 14 heavy (non-hydrogen) atoms. The molecule has 0 fully saturated rings. The van der Waals surface area contributed by atoms with E-state index in [2.05, 4.69) is 4.74 Å². The van der Waals surface area contributed by atoms with Crippen LogP contribution >= 0.6 is 7.60 Å². The molecule has 0 rings (SSSR count). The molecule has 5 nitrogen and oxygen atoms in total. The van der Waals surface area contributed by atoms with Gasteiger partial charge in [-0.25, -0.2) is 0 Å². The van der Waals surface area contributed by atoms with Gasteiger partial charge in [0.2, 0.25) is 0 Å². The van der Waals surface area contributed by atoms with Crippen LogP contribution in [0.25, 0.3) is 0 Å². The number of rotatable bonds is 4. The van der Waals surface area contributed by atoms with E-state index in [1.165, 1.54) is 0 Å². The minimum Gasteiger partial charge on any atom is -0.468 e. The van der Waals surface area contributed by atoms with Crippen LogP contribution in [0.4, 0.5) is 0 Å². The van der Waals surface area contributed by atoms with E-state index in [-0.39, 0.29) is 6.42 Å². The summed E-state index contributed by atoms with van der Waals surface area (Å²) in [5.41, 5.74) is -0.646. The standard InChI is InChI=1S/C8H15O5P/c1-4-6(2)5-7(8(9)13-3)14(10,11)12/h4,7H,5H2,1-3H3,(H2,10,11,12). The van der Waals surface area contributed by atoms with Crippen LogP contribution in [0.3, 0.4) is 0 Å². The number of ether oxygens (including phenoxy) is 1. The minimum absolute atomic E-state index is 0.0213. The van der Waals surface area contributed by atoms with Gasteiger partial charge in [0, 0.05) is 0 Å². The summed E-state index contributed by atoms with van der Waals surface area (Å²) < 4.78 is 15.3. The highest BCUT2D eigenvalue weighted by molar-refractivity contribution is 7.53. The monoisotopic (exact) mass is 222 g/mol. The summed E-state index contributed by atoms with van der Waals surface area (Å²) in [4.78, 5) is 28.9. The van der Waals surface area contributed by atoms with Crippen molar-refractivity contribution < 1.29 is 23.9 Å². The number of carbonyl (C=O) groups is 1. The molecule has 1 unspecified atom stereocenters. The van der Waals surface area contributed by atoms with Gasteiger partial charge < -0.3 is 14.5 Å². The van der Waals surface area contributed by atoms with Gasteiger partial charge in [0.05, 0.1) is 7.11 Å². The van der Waals surface area contributed by atoms with Crippen LogP contribution in [-0.4, -0.2) is 28.5 Å². The molecule has 0 aliphatic carbocycles. The average molecular weight is 222 g/mol. The summed E-state index contributed by atoms with van der Waals surface area (Å²) in [5, 5.41) is 0. The quantitative estimate of drug-likeness (QED) is 0.422. The molecule has 0 spiro atoms. The lowest BCUT2D eigenvalue weighted by molar-refractivity contribution is -0.140. The van der Waals surface area contributed by atoms with Crippen LogP contribution in [0.2, 0.25) is 0 Å². The molecule has 0 aliphatic heterocycles. The van der Waals surface area contributed by atoms with Crippen LogP contribution in [0, 0.1) is 0 Å². The van der Waals surface area contributed by atoms with Gasteiger partial charge in [0.1, 0.15) is 0 Å². The molecular weight excluding hydrogens is 207 g/mol. The lowest BCUT2D eigenvalue weighted by Gasteiger charge is -2.15. The van der Waals surface area contributed by atoms with Crippen molar-refractivity contribution in [2.45, 2.75) is 25.9 Å². The van der Waals surface area contributed by atoms with E-state index in [0.717, 1.165) is 12.7 Å². The Kier molecular flexibility index (Phi) is 5.05. The van der Waals surface area contributed by atoms with Crippen LogP contribution in [0.5, 0.6) is 0 Å². The molecule has 0 heterocycles. The van der Waals surface area contributed by atoms with E-state index in [1.54, 1.807) is 19.9 Å². The van der Waals surface area contributed by atoms with Gasteiger partial charge >= 0.3 is 13.6 Å². The Labute approximate surface area is 82.9 Å². The first-order chi connectivity index (χ1) is 6.32. The van der Waals surface area contributed by atoms with E-state index in [0.29, 0.717) is 0 Å². The van der Waals surface area contributed by atoms with Crippen molar-refractivity contribution in [2.75, 3.05) is 7.11 Å². The first kappa shape index (κ1) is 13.4. The van der Waals surface area contributed by atoms with Crippen molar-refractivity contribution in [3.05, 3.63) is 11.6 Å². The molecule has 1 atom stereocenters. The smallest absolute Gasteiger partial charge is 0.340 e. The number of carbonyl (C=O) groups excluding carboxylic acids is 1. The Balaban J connectivity index is 4.76. The van der Waals surface area contributed by atoms with E-state index in [9.17, 15) is 9.36 Å². The van der Waals surface area contributed by atoms with Gasteiger partial charge in [-0.1, -0.05) is 11.6 Å². The SMILES string of the molecule is CC=C(C)CC(C(=O)OC)P(=O)(O)O. The predicted octanol–water partition coefficient (Wildman–Crippen LogP) is 1.06. The Bertz CT molecular complexity index is 277. The molecule has 0 amide bonds. The topological polar surface area (TPSA) is 83.8 Å². The fraction of sp³-hybridized carbons (Fsp3) is 0.625. The van der Waals surface area contributed by atoms with Gasteiger partial charge in [-0.2, -0.15) is 0 Å². The highest BCUT2D eigenvalue weighted by Gasteiger charge is 2.36. The molecule has 0 radical (unpaired) electrons. The summed E-state index contributed by atoms with van der Waals surface area (Å²) in [5.74, 6) is -0.875. The van der Waals surface area contributed by atoms with Gasteiger partial charge in [0.15, 0.2) is 5.66 Å². The summed E-state index contributed by atoms with van der Waals surface area (Å²) in [6.07, 6.45) is 1.72. The fourth-order valence-corrected chi connectivity index (χ4v) is 1.80.